The van der Waals surface area contributed by atoms with Crippen molar-refractivity contribution in [3.63, 3.8) is 0 Å². The largest absolute Gasteiger partial charge is 0.513 e. The van der Waals surface area contributed by atoms with Gasteiger partial charge in [0.2, 0.25) is 0 Å². The van der Waals surface area contributed by atoms with Crippen molar-refractivity contribution in [2.75, 3.05) is 6.61 Å². The van der Waals surface area contributed by atoms with Crippen LogP contribution >= 0.6 is 0 Å². The summed E-state index contributed by atoms with van der Waals surface area (Å²) in [5.74, 6) is 0.256. The fourth-order valence-corrected chi connectivity index (χ4v) is 2.23. The van der Waals surface area contributed by atoms with Gasteiger partial charge in [0.05, 0.1) is 17.6 Å². The van der Waals surface area contributed by atoms with Gasteiger partial charge in [0.25, 0.3) is 0 Å². The highest BCUT2D eigenvalue weighted by Crippen LogP contribution is 2.23. The molecule has 5 nitrogen and oxygen atoms in total. The normalized spacial score (nSPS) is 10.5. The molecule has 2 aromatic carbocycles. The van der Waals surface area contributed by atoms with E-state index in [1.54, 1.807) is 13.0 Å². The molecule has 3 aromatic rings. The van der Waals surface area contributed by atoms with Gasteiger partial charge >= 0.3 is 6.16 Å². The number of carbonyl (C=O) groups is 1. The maximum absolute atomic E-state index is 12.6. The summed E-state index contributed by atoms with van der Waals surface area (Å²) in [5.41, 5.74) is 1.48. The minimum atomic E-state index is -0.796. The van der Waals surface area contributed by atoms with Crippen LogP contribution in [-0.4, -0.2) is 12.8 Å². The van der Waals surface area contributed by atoms with Gasteiger partial charge in [-0.05, 0) is 24.6 Å². The quantitative estimate of drug-likeness (QED) is 0.540. The van der Waals surface area contributed by atoms with Gasteiger partial charge in [0.1, 0.15) is 17.6 Å². The maximum Gasteiger partial charge on any atom is 0.513 e. The van der Waals surface area contributed by atoms with Gasteiger partial charge < -0.3 is 13.9 Å². The summed E-state index contributed by atoms with van der Waals surface area (Å²) in [7, 11) is 0. The van der Waals surface area contributed by atoms with E-state index in [0.29, 0.717) is 16.5 Å². The lowest BCUT2D eigenvalue weighted by Gasteiger charge is -2.06. The third-order valence-corrected chi connectivity index (χ3v) is 3.29. The Hall–Kier alpha value is -3.08. The van der Waals surface area contributed by atoms with Crippen LogP contribution in [0.15, 0.2) is 64.0 Å². The van der Waals surface area contributed by atoms with Crippen LogP contribution in [0, 0.1) is 0 Å². The third kappa shape index (κ3) is 3.08. The van der Waals surface area contributed by atoms with Crippen molar-refractivity contribution in [2.45, 2.75) is 6.92 Å². The molecule has 116 valence electrons. The number of hydrogen-bond acceptors (Lipinski definition) is 5. The van der Waals surface area contributed by atoms with E-state index in [0.717, 1.165) is 5.56 Å². The van der Waals surface area contributed by atoms with Crippen LogP contribution in [0.2, 0.25) is 0 Å². The smallest absolute Gasteiger partial charge is 0.463 e. The number of rotatable bonds is 3. The standard InChI is InChI=1S/C18H14O5/c1-2-21-18(20)23-13-8-9-14-16(10-13)22-11-15(17(14)19)12-6-4-3-5-7-12/h3-11H,2H2,1H3. The zero-order valence-corrected chi connectivity index (χ0v) is 12.4. The van der Waals surface area contributed by atoms with E-state index >= 15 is 0 Å². The van der Waals surface area contributed by atoms with E-state index in [1.165, 1.54) is 18.4 Å². The molecule has 3 rings (SSSR count). The number of carbonyl (C=O) groups excluding carboxylic acids is 1. The van der Waals surface area contributed by atoms with E-state index in [9.17, 15) is 9.59 Å². The molecule has 1 heterocycles. The topological polar surface area (TPSA) is 65.7 Å². The molecule has 0 spiro atoms. The molecule has 0 aliphatic heterocycles. The van der Waals surface area contributed by atoms with Crippen molar-refractivity contribution in [3.05, 3.63) is 65.0 Å². The second-order valence-electron chi connectivity index (χ2n) is 4.79. The van der Waals surface area contributed by atoms with E-state index < -0.39 is 6.16 Å². The third-order valence-electron chi connectivity index (χ3n) is 3.29. The average molecular weight is 310 g/mol. The van der Waals surface area contributed by atoms with Gasteiger partial charge in [0, 0.05) is 6.07 Å². The van der Waals surface area contributed by atoms with Gasteiger partial charge in [-0.1, -0.05) is 30.3 Å². The summed E-state index contributed by atoms with van der Waals surface area (Å²) in [6.07, 6.45) is 0.615. The van der Waals surface area contributed by atoms with Crippen LogP contribution in [0.1, 0.15) is 6.92 Å². The van der Waals surface area contributed by atoms with Crippen LogP contribution in [0.25, 0.3) is 22.1 Å². The summed E-state index contributed by atoms with van der Waals surface area (Å²) in [4.78, 5) is 23.9. The minimum absolute atomic E-state index is 0.139. The molecule has 0 atom stereocenters. The first-order chi connectivity index (χ1) is 11.2. The molecule has 23 heavy (non-hydrogen) atoms. The monoisotopic (exact) mass is 310 g/mol. The molecule has 0 unspecified atom stereocenters. The van der Waals surface area contributed by atoms with Crippen LogP contribution in [0.3, 0.4) is 0 Å². The van der Waals surface area contributed by atoms with Gasteiger partial charge in [-0.3, -0.25) is 4.79 Å². The van der Waals surface area contributed by atoms with Crippen molar-refractivity contribution < 1.29 is 18.7 Å². The van der Waals surface area contributed by atoms with Gasteiger partial charge in [0.15, 0.2) is 5.43 Å². The van der Waals surface area contributed by atoms with Crippen LogP contribution in [-0.2, 0) is 4.74 Å². The molecule has 0 radical (unpaired) electrons. The first-order valence-electron chi connectivity index (χ1n) is 7.14. The number of fused-ring (bicyclic) bond motifs is 1. The zero-order valence-electron chi connectivity index (χ0n) is 12.4. The summed E-state index contributed by atoms with van der Waals surface area (Å²) in [6.45, 7) is 1.91. The molecule has 0 saturated carbocycles. The van der Waals surface area contributed by atoms with Crippen LogP contribution in [0.5, 0.6) is 5.75 Å². The Kier molecular flexibility index (Phi) is 4.10. The summed E-state index contributed by atoms with van der Waals surface area (Å²) >= 11 is 0. The average Bonchev–Trinajstić information content (AvgIpc) is 2.56. The second kappa shape index (κ2) is 6.36. The summed E-state index contributed by atoms with van der Waals surface area (Å²) < 4.78 is 15.2. The molecule has 5 heteroatoms. The van der Waals surface area contributed by atoms with Gasteiger partial charge in [-0.15, -0.1) is 0 Å². The Bertz CT molecular complexity index is 896. The lowest BCUT2D eigenvalue weighted by molar-refractivity contribution is 0.104. The molecule has 0 saturated heterocycles. The number of benzene rings is 2. The lowest BCUT2D eigenvalue weighted by Crippen LogP contribution is -2.10. The Balaban J connectivity index is 2.00. The molecule has 0 fully saturated rings. The minimum Gasteiger partial charge on any atom is -0.463 e. The highest BCUT2D eigenvalue weighted by Gasteiger charge is 2.11. The number of ether oxygens (including phenoxy) is 2. The molecule has 0 aliphatic rings. The lowest BCUT2D eigenvalue weighted by atomic mass is 10.1. The summed E-state index contributed by atoms with van der Waals surface area (Å²) in [5, 5.41) is 0.419. The molecule has 1 aromatic heterocycles. The van der Waals surface area contributed by atoms with Crippen molar-refractivity contribution >= 4 is 17.1 Å². The van der Waals surface area contributed by atoms with E-state index in [4.69, 9.17) is 13.9 Å². The first-order valence-corrected chi connectivity index (χ1v) is 7.14. The van der Waals surface area contributed by atoms with Crippen molar-refractivity contribution in [2.24, 2.45) is 0 Å². The van der Waals surface area contributed by atoms with Crippen LogP contribution < -0.4 is 10.2 Å². The molecule has 0 aliphatic carbocycles. The Morgan fingerprint density at radius 2 is 1.91 bits per heavy atom. The van der Waals surface area contributed by atoms with Gasteiger partial charge in [-0.25, -0.2) is 4.79 Å². The summed E-state index contributed by atoms with van der Waals surface area (Å²) in [6, 6.07) is 13.9. The molecular formula is C18H14O5. The fraction of sp³-hybridized carbons (Fsp3) is 0.111. The highest BCUT2D eigenvalue weighted by molar-refractivity contribution is 5.83. The predicted molar refractivity (Wildman–Crippen MR) is 85.6 cm³/mol. The Morgan fingerprint density at radius 1 is 1.13 bits per heavy atom. The fourth-order valence-electron chi connectivity index (χ4n) is 2.23. The maximum atomic E-state index is 12.6. The predicted octanol–water partition coefficient (Wildman–Crippen LogP) is 4.00. The van der Waals surface area contributed by atoms with Gasteiger partial charge in [-0.2, -0.15) is 0 Å². The Morgan fingerprint density at radius 3 is 2.65 bits per heavy atom. The second-order valence-corrected chi connectivity index (χ2v) is 4.79. The van der Waals surface area contributed by atoms with Crippen molar-refractivity contribution in [1.29, 1.82) is 0 Å². The van der Waals surface area contributed by atoms with Crippen molar-refractivity contribution in [3.8, 4) is 16.9 Å². The zero-order chi connectivity index (χ0) is 16.2. The van der Waals surface area contributed by atoms with Crippen molar-refractivity contribution in [1.82, 2.24) is 0 Å². The molecule has 0 bridgehead atoms. The van der Waals surface area contributed by atoms with E-state index in [1.807, 2.05) is 30.3 Å². The first kappa shape index (κ1) is 14.8. The molecule has 0 amide bonds. The van der Waals surface area contributed by atoms with E-state index in [2.05, 4.69) is 0 Å². The molecule has 0 N–H and O–H groups in total. The Labute approximate surface area is 132 Å². The van der Waals surface area contributed by atoms with E-state index in [-0.39, 0.29) is 17.8 Å². The molecular weight excluding hydrogens is 296 g/mol. The SMILES string of the molecule is CCOC(=O)Oc1ccc2c(=O)c(-c3ccccc3)coc2c1. The van der Waals surface area contributed by atoms with Crippen LogP contribution in [0.4, 0.5) is 4.79 Å². The highest BCUT2D eigenvalue weighted by atomic mass is 16.7. The number of hydrogen-bond donors (Lipinski definition) is 0.